The van der Waals surface area contributed by atoms with Gasteiger partial charge in [-0.25, -0.2) is 0 Å². The summed E-state index contributed by atoms with van der Waals surface area (Å²) in [4.78, 5) is 26.0. The molecule has 0 aliphatic carbocycles. The van der Waals surface area contributed by atoms with Gasteiger partial charge in [0.15, 0.2) is 0 Å². The predicted molar refractivity (Wildman–Crippen MR) is 241 cm³/mol. The Morgan fingerprint density at radius 1 is 0.446 bits per heavy atom. The minimum absolute atomic E-state index is 0.0857. The van der Waals surface area contributed by atoms with Crippen molar-refractivity contribution in [3.05, 3.63) is 0 Å². The van der Waals surface area contributed by atoms with E-state index in [4.69, 9.17) is 4.74 Å². The third kappa shape index (κ3) is 39.7. The fourth-order valence-electron chi connectivity index (χ4n) is 8.08. The molecule has 0 aliphatic heterocycles. The number of carbonyl (C=O) groups excluding carboxylic acids is 2. The van der Waals surface area contributed by atoms with Gasteiger partial charge in [0.25, 0.3) is 0 Å². The molecule has 6 nitrogen and oxygen atoms in total. The maximum atomic E-state index is 13.1. The second kappa shape index (κ2) is 45.0. The van der Waals surface area contributed by atoms with Gasteiger partial charge in [-0.15, -0.1) is 0 Å². The monoisotopic (exact) mass is 794 g/mol. The normalized spacial score (nSPS) is 13.2. The molecule has 0 fully saturated rings. The Morgan fingerprint density at radius 3 is 1.09 bits per heavy atom. The fourth-order valence-corrected chi connectivity index (χ4v) is 8.08. The largest absolute Gasteiger partial charge is 0.462 e. The maximum absolute atomic E-state index is 13.1. The molecule has 0 rings (SSSR count). The Hall–Kier alpha value is -1.14. The highest BCUT2D eigenvalue weighted by Gasteiger charge is 2.24. The van der Waals surface area contributed by atoms with E-state index in [9.17, 15) is 19.8 Å². The average Bonchev–Trinajstić information content (AvgIpc) is 3.19. The van der Waals surface area contributed by atoms with E-state index in [1.165, 1.54) is 199 Å². The Labute approximate surface area is 349 Å². The first-order chi connectivity index (χ1) is 27.5. The van der Waals surface area contributed by atoms with Crippen LogP contribution >= 0.6 is 0 Å². The van der Waals surface area contributed by atoms with Crippen LogP contribution in [0.5, 0.6) is 0 Å². The summed E-state index contributed by atoms with van der Waals surface area (Å²) in [6.45, 7) is 6.47. The lowest BCUT2D eigenvalue weighted by Crippen LogP contribution is -2.46. The third-order valence-corrected chi connectivity index (χ3v) is 11.9. The zero-order valence-electron chi connectivity index (χ0n) is 38.0. The van der Waals surface area contributed by atoms with Crippen LogP contribution in [0.4, 0.5) is 0 Å². The molecule has 0 aromatic heterocycles. The second-order valence-corrected chi connectivity index (χ2v) is 17.6. The number of hydrogen-bond donors (Lipinski definition) is 3. The lowest BCUT2D eigenvalue weighted by Gasteiger charge is -2.24. The van der Waals surface area contributed by atoms with Crippen LogP contribution in [-0.4, -0.2) is 46.9 Å². The van der Waals surface area contributed by atoms with E-state index < -0.39 is 18.2 Å². The molecule has 0 aromatic carbocycles. The fraction of sp³-hybridized carbons (Fsp3) is 0.960. The van der Waals surface area contributed by atoms with Gasteiger partial charge < -0.3 is 20.3 Å². The molecule has 0 bridgehead atoms. The third-order valence-electron chi connectivity index (χ3n) is 11.9. The summed E-state index contributed by atoms with van der Waals surface area (Å²) in [6, 6.07) is -0.690. The van der Waals surface area contributed by atoms with Gasteiger partial charge in [-0.05, 0) is 25.7 Å². The van der Waals surface area contributed by atoms with Gasteiger partial charge >= 0.3 is 5.97 Å². The van der Waals surface area contributed by atoms with Gasteiger partial charge in [-0.2, -0.15) is 0 Å². The van der Waals surface area contributed by atoms with E-state index in [-0.39, 0.29) is 24.9 Å². The van der Waals surface area contributed by atoms with Crippen molar-refractivity contribution in [2.45, 2.75) is 302 Å². The molecule has 3 N–H and O–H groups in total. The van der Waals surface area contributed by atoms with Crippen molar-refractivity contribution in [3.63, 3.8) is 0 Å². The van der Waals surface area contributed by atoms with Crippen molar-refractivity contribution in [3.8, 4) is 0 Å². The molecule has 3 atom stereocenters. The van der Waals surface area contributed by atoms with Crippen molar-refractivity contribution in [2.24, 2.45) is 0 Å². The number of ether oxygens (including phenoxy) is 1. The summed E-state index contributed by atoms with van der Waals surface area (Å²) in [7, 11) is 0. The van der Waals surface area contributed by atoms with E-state index in [2.05, 4.69) is 26.1 Å². The number of nitrogens with one attached hydrogen (secondary N) is 1. The smallest absolute Gasteiger partial charge is 0.306 e. The van der Waals surface area contributed by atoms with Gasteiger partial charge in [-0.1, -0.05) is 245 Å². The summed E-state index contributed by atoms with van der Waals surface area (Å²) in [5.74, 6) is -0.459. The summed E-state index contributed by atoms with van der Waals surface area (Å²) >= 11 is 0. The highest BCUT2D eigenvalue weighted by molar-refractivity contribution is 5.77. The molecule has 334 valence electrons. The molecule has 0 aliphatic rings. The molecule has 0 saturated carbocycles. The summed E-state index contributed by atoms with van der Waals surface area (Å²) in [5.41, 5.74) is 0. The SMILES string of the molecule is CCCCCCCCCCCCCCCCCCCCCC(=O)OC(CCCCCCCCC)CC(=O)NC(CO)C(O)CCCCCCCCCCCCC. The molecule has 3 unspecified atom stereocenters. The Balaban J connectivity index is 4.27. The van der Waals surface area contributed by atoms with Gasteiger partial charge in [-0.3, -0.25) is 9.59 Å². The Bertz CT molecular complexity index is 806. The summed E-state index contributed by atoms with van der Waals surface area (Å²) in [5, 5.41) is 23.6. The van der Waals surface area contributed by atoms with E-state index in [0.29, 0.717) is 19.3 Å². The zero-order chi connectivity index (χ0) is 41.0. The molecule has 1 amide bonds. The number of aliphatic hydroxyl groups is 2. The number of unbranched alkanes of at least 4 members (excludes halogenated alkanes) is 34. The first kappa shape index (κ1) is 54.9. The van der Waals surface area contributed by atoms with Crippen LogP contribution < -0.4 is 5.32 Å². The molecular formula is C50H99NO5. The number of aliphatic hydroxyl groups excluding tert-OH is 2. The Morgan fingerprint density at radius 2 is 0.750 bits per heavy atom. The number of rotatable bonds is 46. The van der Waals surface area contributed by atoms with Crippen molar-refractivity contribution in [1.82, 2.24) is 5.32 Å². The average molecular weight is 794 g/mol. The maximum Gasteiger partial charge on any atom is 0.306 e. The van der Waals surface area contributed by atoms with Crippen LogP contribution in [0.2, 0.25) is 0 Å². The summed E-state index contributed by atoms with van der Waals surface area (Å²) in [6.07, 6.45) is 47.5. The van der Waals surface area contributed by atoms with Crippen LogP contribution in [0, 0.1) is 0 Å². The minimum atomic E-state index is -0.777. The highest BCUT2D eigenvalue weighted by Crippen LogP contribution is 2.18. The van der Waals surface area contributed by atoms with Crippen LogP contribution in [0.3, 0.4) is 0 Å². The van der Waals surface area contributed by atoms with Crippen LogP contribution in [0.15, 0.2) is 0 Å². The van der Waals surface area contributed by atoms with Gasteiger partial charge in [0.05, 0.1) is 25.2 Å². The molecule has 0 heterocycles. The van der Waals surface area contributed by atoms with E-state index in [1.54, 1.807) is 0 Å². The molecule has 0 saturated heterocycles. The van der Waals surface area contributed by atoms with Crippen LogP contribution in [0.1, 0.15) is 284 Å². The number of esters is 1. The van der Waals surface area contributed by atoms with E-state index >= 15 is 0 Å². The van der Waals surface area contributed by atoms with Crippen LogP contribution in [0.25, 0.3) is 0 Å². The predicted octanol–water partition coefficient (Wildman–Crippen LogP) is 14.8. The topological polar surface area (TPSA) is 95.9 Å². The van der Waals surface area contributed by atoms with Crippen molar-refractivity contribution in [1.29, 1.82) is 0 Å². The first-order valence-electron chi connectivity index (χ1n) is 25.3. The zero-order valence-corrected chi connectivity index (χ0v) is 38.0. The molecule has 6 heteroatoms. The molecule has 0 radical (unpaired) electrons. The standard InChI is InChI=1S/C50H99NO5/c1-4-7-10-13-16-18-20-21-22-23-24-25-26-27-29-31-34-37-40-43-50(55)56-46(41-38-35-32-15-12-9-6-3)44-49(54)51-47(45-52)48(53)42-39-36-33-30-28-19-17-14-11-8-5-2/h46-48,52-53H,4-45H2,1-3H3,(H,51,54). The lowest BCUT2D eigenvalue weighted by molar-refractivity contribution is -0.151. The highest BCUT2D eigenvalue weighted by atomic mass is 16.5. The second-order valence-electron chi connectivity index (χ2n) is 17.6. The van der Waals surface area contributed by atoms with Crippen LogP contribution in [-0.2, 0) is 14.3 Å². The summed E-state index contributed by atoms with van der Waals surface area (Å²) < 4.78 is 5.90. The van der Waals surface area contributed by atoms with Gasteiger partial charge in [0, 0.05) is 6.42 Å². The Kier molecular flexibility index (Phi) is 44.0. The first-order valence-corrected chi connectivity index (χ1v) is 25.3. The van der Waals surface area contributed by atoms with Crippen molar-refractivity contribution < 1.29 is 24.5 Å². The number of amides is 1. The van der Waals surface area contributed by atoms with E-state index in [0.717, 1.165) is 38.5 Å². The lowest BCUT2D eigenvalue weighted by atomic mass is 10.0. The molecular weight excluding hydrogens is 695 g/mol. The molecule has 0 aromatic rings. The minimum Gasteiger partial charge on any atom is -0.462 e. The quantitative estimate of drug-likeness (QED) is 0.0421. The van der Waals surface area contributed by atoms with Crippen molar-refractivity contribution >= 4 is 11.9 Å². The van der Waals surface area contributed by atoms with Gasteiger partial charge in [0.1, 0.15) is 6.10 Å². The van der Waals surface area contributed by atoms with Crippen molar-refractivity contribution in [2.75, 3.05) is 6.61 Å². The van der Waals surface area contributed by atoms with E-state index in [1.807, 2.05) is 0 Å². The molecule has 0 spiro atoms. The number of carbonyl (C=O) groups is 2. The van der Waals surface area contributed by atoms with Gasteiger partial charge in [0.2, 0.25) is 5.91 Å². The number of hydrogen-bond acceptors (Lipinski definition) is 5. The molecule has 56 heavy (non-hydrogen) atoms.